The number of ketones is 1. The van der Waals surface area contributed by atoms with Crippen molar-refractivity contribution in [1.82, 2.24) is 0 Å². The van der Waals surface area contributed by atoms with Crippen molar-refractivity contribution in [2.75, 3.05) is 52.9 Å². The lowest BCUT2D eigenvalue weighted by molar-refractivity contribution is -0.160. The molecular weight excluding hydrogens is 292 g/mol. The average Bonchev–Trinajstić information content (AvgIpc) is 2.37. The predicted octanol–water partition coefficient (Wildman–Crippen LogP) is 0.984. The van der Waals surface area contributed by atoms with E-state index in [0.717, 1.165) is 0 Å². The fourth-order valence-corrected chi connectivity index (χ4v) is 1.30. The maximum Gasteiger partial charge on any atom is 0.332 e. The van der Waals surface area contributed by atoms with E-state index in [9.17, 15) is 9.59 Å². The summed E-state index contributed by atoms with van der Waals surface area (Å²) in [5, 5.41) is 0. The van der Waals surface area contributed by atoms with Gasteiger partial charge >= 0.3 is 5.97 Å². The minimum Gasteiger partial charge on any atom is -0.458 e. The Morgan fingerprint density at radius 2 is 1.14 bits per heavy atom. The normalized spacial score (nSPS) is 11.5. The first kappa shape index (κ1) is 21.0. The van der Waals surface area contributed by atoms with Crippen molar-refractivity contribution in [1.29, 1.82) is 0 Å². The van der Waals surface area contributed by atoms with Crippen LogP contribution in [0.2, 0.25) is 0 Å². The first-order valence-electron chi connectivity index (χ1n) is 7.33. The van der Waals surface area contributed by atoms with E-state index < -0.39 is 5.60 Å². The van der Waals surface area contributed by atoms with Gasteiger partial charge in [-0.3, -0.25) is 4.79 Å². The Labute approximate surface area is 132 Å². The lowest BCUT2D eigenvalue weighted by Crippen LogP contribution is -2.27. The fraction of sp³-hybridized carbons (Fsp3) is 0.867. The number of Topliss-reactive ketones (excluding diaryl/α,β-unsaturated/α-hetero) is 1. The molecule has 0 aromatic rings. The van der Waals surface area contributed by atoms with E-state index in [1.54, 1.807) is 20.8 Å². The van der Waals surface area contributed by atoms with Gasteiger partial charge in [-0.05, 0) is 27.7 Å². The molecule has 0 saturated carbocycles. The fourth-order valence-electron chi connectivity index (χ4n) is 1.30. The molecule has 0 aromatic carbocycles. The van der Waals surface area contributed by atoms with Gasteiger partial charge in [0, 0.05) is 0 Å². The summed E-state index contributed by atoms with van der Waals surface area (Å²) in [5.41, 5.74) is -0.498. The van der Waals surface area contributed by atoms with Crippen molar-refractivity contribution < 1.29 is 33.3 Å². The van der Waals surface area contributed by atoms with E-state index in [0.29, 0.717) is 39.6 Å². The molecule has 0 aromatic heterocycles. The lowest BCUT2D eigenvalue weighted by atomic mass is 10.2. The van der Waals surface area contributed by atoms with E-state index >= 15 is 0 Å². The van der Waals surface area contributed by atoms with Crippen molar-refractivity contribution in [3.05, 3.63) is 0 Å². The zero-order chi connectivity index (χ0) is 16.8. The smallest absolute Gasteiger partial charge is 0.332 e. The van der Waals surface area contributed by atoms with Crippen molar-refractivity contribution >= 4 is 11.8 Å². The summed E-state index contributed by atoms with van der Waals surface area (Å²) >= 11 is 0. The van der Waals surface area contributed by atoms with Gasteiger partial charge in [0.15, 0.2) is 5.78 Å². The molecular formula is C15H28O7. The average molecular weight is 320 g/mol. The van der Waals surface area contributed by atoms with E-state index in [4.69, 9.17) is 23.7 Å². The number of hydrogen-bond donors (Lipinski definition) is 0. The van der Waals surface area contributed by atoms with Crippen molar-refractivity contribution in [2.24, 2.45) is 0 Å². The minimum absolute atomic E-state index is 0.00489. The number of carbonyl (C=O) groups is 2. The molecule has 0 bridgehead atoms. The first-order valence-corrected chi connectivity index (χ1v) is 7.33. The minimum atomic E-state index is -0.498. The molecule has 22 heavy (non-hydrogen) atoms. The van der Waals surface area contributed by atoms with Crippen LogP contribution in [-0.2, 0) is 33.3 Å². The third kappa shape index (κ3) is 17.0. The first-order chi connectivity index (χ1) is 10.3. The van der Waals surface area contributed by atoms with E-state index in [1.807, 2.05) is 0 Å². The zero-order valence-corrected chi connectivity index (χ0v) is 14.0. The van der Waals surface area contributed by atoms with Crippen LogP contribution in [0.15, 0.2) is 0 Å². The van der Waals surface area contributed by atoms with Crippen LogP contribution in [0.3, 0.4) is 0 Å². The molecule has 7 nitrogen and oxygen atoms in total. The van der Waals surface area contributed by atoms with Crippen LogP contribution in [0.25, 0.3) is 0 Å². The lowest BCUT2D eigenvalue weighted by Gasteiger charge is -2.19. The molecule has 130 valence electrons. The van der Waals surface area contributed by atoms with Crippen LogP contribution in [-0.4, -0.2) is 70.2 Å². The Kier molecular flexibility index (Phi) is 11.9. The number of carbonyl (C=O) groups excluding carboxylic acids is 2. The van der Waals surface area contributed by atoms with Crippen LogP contribution in [0.4, 0.5) is 0 Å². The van der Waals surface area contributed by atoms with Gasteiger partial charge in [-0.1, -0.05) is 0 Å². The third-order valence-corrected chi connectivity index (χ3v) is 2.06. The highest BCUT2D eigenvalue weighted by Crippen LogP contribution is 2.06. The van der Waals surface area contributed by atoms with Gasteiger partial charge in [0.25, 0.3) is 0 Å². The molecule has 0 radical (unpaired) electrons. The van der Waals surface area contributed by atoms with Crippen LogP contribution in [0.5, 0.6) is 0 Å². The summed E-state index contributed by atoms with van der Waals surface area (Å²) in [4.78, 5) is 21.9. The predicted molar refractivity (Wildman–Crippen MR) is 79.8 cm³/mol. The molecule has 7 heteroatoms. The summed E-state index contributed by atoms with van der Waals surface area (Å²) in [6, 6.07) is 0. The topological polar surface area (TPSA) is 80.3 Å². The Balaban J connectivity index is 3.21. The summed E-state index contributed by atoms with van der Waals surface area (Å²) < 4.78 is 25.8. The number of hydrogen-bond acceptors (Lipinski definition) is 7. The molecule has 0 unspecified atom stereocenters. The van der Waals surface area contributed by atoms with Gasteiger partial charge in [0.1, 0.15) is 18.8 Å². The van der Waals surface area contributed by atoms with Crippen LogP contribution in [0, 0.1) is 0 Å². The Morgan fingerprint density at radius 1 is 0.727 bits per heavy atom. The van der Waals surface area contributed by atoms with Gasteiger partial charge < -0.3 is 23.7 Å². The Hall–Kier alpha value is -1.02. The molecule has 0 spiro atoms. The van der Waals surface area contributed by atoms with E-state index in [-0.39, 0.29) is 25.0 Å². The van der Waals surface area contributed by atoms with E-state index in [2.05, 4.69) is 0 Å². The Morgan fingerprint density at radius 3 is 1.55 bits per heavy atom. The van der Waals surface area contributed by atoms with Crippen molar-refractivity contribution in [3.63, 3.8) is 0 Å². The summed E-state index contributed by atoms with van der Waals surface area (Å²) in [6.45, 7) is 9.31. The molecule has 0 N–H and O–H groups in total. The van der Waals surface area contributed by atoms with Gasteiger partial charge in [0.05, 0.1) is 39.6 Å². The monoisotopic (exact) mass is 320 g/mol. The second kappa shape index (κ2) is 12.5. The summed E-state index contributed by atoms with van der Waals surface area (Å²) in [5.74, 6) is -0.392. The van der Waals surface area contributed by atoms with Crippen LogP contribution >= 0.6 is 0 Å². The highest BCUT2D eigenvalue weighted by molar-refractivity contribution is 5.76. The molecule has 0 aliphatic heterocycles. The highest BCUT2D eigenvalue weighted by atomic mass is 16.6. The molecule has 0 aliphatic rings. The van der Waals surface area contributed by atoms with Crippen molar-refractivity contribution in [2.45, 2.75) is 33.3 Å². The third-order valence-electron chi connectivity index (χ3n) is 2.06. The number of ether oxygens (including phenoxy) is 5. The molecule has 0 aliphatic carbocycles. The molecule has 0 fully saturated rings. The molecule has 0 saturated heterocycles. The maximum atomic E-state index is 11.3. The molecule has 0 heterocycles. The summed E-state index contributed by atoms with van der Waals surface area (Å²) in [7, 11) is 0. The second-order valence-corrected chi connectivity index (χ2v) is 5.62. The SMILES string of the molecule is CC(=O)COCCOCCOCCOCC(=O)OC(C)(C)C. The van der Waals surface area contributed by atoms with Gasteiger partial charge in [-0.25, -0.2) is 4.79 Å². The van der Waals surface area contributed by atoms with Crippen molar-refractivity contribution in [3.8, 4) is 0 Å². The van der Waals surface area contributed by atoms with Gasteiger partial charge in [0.2, 0.25) is 0 Å². The summed E-state index contributed by atoms with van der Waals surface area (Å²) in [6.07, 6.45) is 0. The van der Waals surface area contributed by atoms with Gasteiger partial charge in [-0.15, -0.1) is 0 Å². The second-order valence-electron chi connectivity index (χ2n) is 5.62. The zero-order valence-electron chi connectivity index (χ0n) is 14.0. The largest absolute Gasteiger partial charge is 0.458 e. The highest BCUT2D eigenvalue weighted by Gasteiger charge is 2.15. The van der Waals surface area contributed by atoms with Gasteiger partial charge in [-0.2, -0.15) is 0 Å². The quantitative estimate of drug-likeness (QED) is 0.370. The van der Waals surface area contributed by atoms with E-state index in [1.165, 1.54) is 6.92 Å². The molecule has 0 atom stereocenters. The van der Waals surface area contributed by atoms with Crippen LogP contribution < -0.4 is 0 Å². The molecule has 0 amide bonds. The molecule has 0 rings (SSSR count). The Bertz CT molecular complexity index is 310. The maximum absolute atomic E-state index is 11.3. The number of rotatable bonds is 13. The number of esters is 1. The van der Waals surface area contributed by atoms with Crippen LogP contribution in [0.1, 0.15) is 27.7 Å². The standard InChI is InChI=1S/C15H28O7/c1-13(16)11-20-9-7-18-5-6-19-8-10-21-12-14(17)22-15(2,3)4/h5-12H2,1-4H3.